The quantitative estimate of drug-likeness (QED) is 0.765. The van der Waals surface area contributed by atoms with E-state index in [9.17, 15) is 5.11 Å². The monoisotopic (exact) mass is 278 g/mol. The number of hydrogen-bond donors (Lipinski definition) is 1. The van der Waals surface area contributed by atoms with Crippen LogP contribution in [-0.4, -0.2) is 18.3 Å². The molecule has 1 heterocycles. The Kier molecular flexibility index (Phi) is 5.30. The second-order valence-electron chi connectivity index (χ2n) is 5.70. The van der Waals surface area contributed by atoms with Gasteiger partial charge in [0.15, 0.2) is 0 Å². The molecular formula is C17H26O3. The van der Waals surface area contributed by atoms with E-state index in [0.29, 0.717) is 0 Å². The van der Waals surface area contributed by atoms with Gasteiger partial charge in [-0.1, -0.05) is 32.6 Å². The Bertz CT molecular complexity index is 442. The zero-order valence-electron chi connectivity index (χ0n) is 12.8. The van der Waals surface area contributed by atoms with E-state index in [1.807, 2.05) is 12.1 Å². The van der Waals surface area contributed by atoms with Crippen LogP contribution in [-0.2, 0) is 6.42 Å². The lowest BCUT2D eigenvalue weighted by molar-refractivity contribution is 0.158. The van der Waals surface area contributed by atoms with Gasteiger partial charge in [0.25, 0.3) is 0 Å². The summed E-state index contributed by atoms with van der Waals surface area (Å²) in [5.74, 6) is 1.69. The van der Waals surface area contributed by atoms with Crippen LogP contribution in [0, 0.1) is 0 Å². The molecule has 1 aliphatic rings. The fraction of sp³-hybridized carbons (Fsp3) is 0.647. The van der Waals surface area contributed by atoms with Gasteiger partial charge >= 0.3 is 0 Å². The SMILES string of the molecule is CCCCCCC(O)c1cc2c(cc1OC)CC(C)O2. The van der Waals surface area contributed by atoms with Crippen LogP contribution in [0.4, 0.5) is 0 Å². The summed E-state index contributed by atoms with van der Waals surface area (Å²) < 4.78 is 11.2. The Morgan fingerprint density at radius 1 is 1.35 bits per heavy atom. The maximum Gasteiger partial charge on any atom is 0.125 e. The lowest BCUT2D eigenvalue weighted by Crippen LogP contribution is -2.05. The van der Waals surface area contributed by atoms with Crippen LogP contribution in [0.5, 0.6) is 11.5 Å². The van der Waals surface area contributed by atoms with E-state index in [1.54, 1.807) is 7.11 Å². The molecule has 112 valence electrons. The molecule has 1 N–H and O–H groups in total. The molecule has 2 rings (SSSR count). The summed E-state index contributed by atoms with van der Waals surface area (Å²) in [4.78, 5) is 0. The minimum absolute atomic E-state index is 0.214. The van der Waals surface area contributed by atoms with Crippen molar-refractivity contribution in [1.29, 1.82) is 0 Å². The normalized spacial score (nSPS) is 18.5. The first-order chi connectivity index (χ1) is 9.65. The van der Waals surface area contributed by atoms with E-state index in [0.717, 1.165) is 36.3 Å². The first kappa shape index (κ1) is 15.2. The van der Waals surface area contributed by atoms with Crippen LogP contribution in [0.15, 0.2) is 12.1 Å². The van der Waals surface area contributed by atoms with Crippen molar-refractivity contribution < 1.29 is 14.6 Å². The molecule has 0 saturated carbocycles. The number of aliphatic hydroxyl groups is 1. The van der Waals surface area contributed by atoms with E-state index < -0.39 is 6.10 Å². The van der Waals surface area contributed by atoms with E-state index in [4.69, 9.17) is 9.47 Å². The molecule has 2 atom stereocenters. The zero-order chi connectivity index (χ0) is 14.5. The highest BCUT2D eigenvalue weighted by Gasteiger charge is 2.23. The van der Waals surface area contributed by atoms with Crippen molar-refractivity contribution >= 4 is 0 Å². The summed E-state index contributed by atoms with van der Waals surface area (Å²) >= 11 is 0. The molecule has 3 heteroatoms. The summed E-state index contributed by atoms with van der Waals surface area (Å²) in [5.41, 5.74) is 2.04. The summed E-state index contributed by atoms with van der Waals surface area (Å²) in [5, 5.41) is 10.4. The largest absolute Gasteiger partial charge is 0.496 e. The van der Waals surface area contributed by atoms with Gasteiger partial charge in [-0.15, -0.1) is 0 Å². The summed E-state index contributed by atoms with van der Waals surface area (Å²) in [6, 6.07) is 3.98. The highest BCUT2D eigenvalue weighted by atomic mass is 16.5. The highest BCUT2D eigenvalue weighted by molar-refractivity contribution is 5.49. The smallest absolute Gasteiger partial charge is 0.125 e. The molecule has 0 saturated heterocycles. The number of fused-ring (bicyclic) bond motifs is 1. The summed E-state index contributed by atoms with van der Waals surface area (Å²) in [7, 11) is 1.66. The molecule has 1 aliphatic heterocycles. The third-order valence-electron chi connectivity index (χ3n) is 3.94. The molecule has 1 aromatic carbocycles. The molecule has 2 unspecified atom stereocenters. The minimum atomic E-state index is -0.466. The molecule has 0 fully saturated rings. The van der Waals surface area contributed by atoms with Crippen molar-refractivity contribution in [1.82, 2.24) is 0 Å². The fourth-order valence-corrected chi connectivity index (χ4v) is 2.81. The number of aliphatic hydroxyl groups excluding tert-OH is 1. The van der Waals surface area contributed by atoms with Crippen molar-refractivity contribution in [2.24, 2.45) is 0 Å². The van der Waals surface area contributed by atoms with Crippen LogP contribution in [0.2, 0.25) is 0 Å². The third kappa shape index (κ3) is 3.45. The molecule has 0 bridgehead atoms. The fourth-order valence-electron chi connectivity index (χ4n) is 2.81. The Labute approximate surface area is 121 Å². The Morgan fingerprint density at radius 2 is 2.15 bits per heavy atom. The van der Waals surface area contributed by atoms with E-state index in [2.05, 4.69) is 13.8 Å². The van der Waals surface area contributed by atoms with Crippen molar-refractivity contribution in [3.8, 4) is 11.5 Å². The number of ether oxygens (including phenoxy) is 2. The lowest BCUT2D eigenvalue weighted by atomic mass is 9.99. The first-order valence-electron chi connectivity index (χ1n) is 7.71. The predicted octanol–water partition coefficient (Wildman–Crippen LogP) is 4.02. The van der Waals surface area contributed by atoms with Crippen molar-refractivity contribution in [2.75, 3.05) is 7.11 Å². The van der Waals surface area contributed by atoms with Crippen LogP contribution in [0.1, 0.15) is 63.2 Å². The number of methoxy groups -OCH3 is 1. The second kappa shape index (κ2) is 6.98. The Morgan fingerprint density at radius 3 is 2.85 bits per heavy atom. The Hall–Kier alpha value is -1.22. The summed E-state index contributed by atoms with van der Waals surface area (Å²) in [6.07, 6.45) is 6.11. The maximum absolute atomic E-state index is 10.4. The van der Waals surface area contributed by atoms with Crippen molar-refractivity contribution in [2.45, 2.75) is 64.6 Å². The molecule has 0 spiro atoms. The molecule has 20 heavy (non-hydrogen) atoms. The van der Waals surface area contributed by atoms with Gasteiger partial charge in [0.1, 0.15) is 17.6 Å². The number of hydrogen-bond acceptors (Lipinski definition) is 3. The standard InChI is InChI=1S/C17H26O3/c1-4-5-6-7-8-15(18)14-11-16-13(9-12(2)20-16)10-17(14)19-3/h10-12,15,18H,4-9H2,1-3H3. The average molecular weight is 278 g/mol. The maximum atomic E-state index is 10.4. The van der Waals surface area contributed by atoms with E-state index >= 15 is 0 Å². The highest BCUT2D eigenvalue weighted by Crippen LogP contribution is 2.38. The molecule has 3 nitrogen and oxygen atoms in total. The number of benzene rings is 1. The Balaban J connectivity index is 2.08. The third-order valence-corrected chi connectivity index (χ3v) is 3.94. The van der Waals surface area contributed by atoms with Gasteiger partial charge in [-0.3, -0.25) is 0 Å². The van der Waals surface area contributed by atoms with E-state index in [1.165, 1.54) is 24.8 Å². The number of rotatable bonds is 7. The topological polar surface area (TPSA) is 38.7 Å². The van der Waals surface area contributed by atoms with Crippen LogP contribution in [0.3, 0.4) is 0 Å². The van der Waals surface area contributed by atoms with Crippen molar-refractivity contribution in [3.63, 3.8) is 0 Å². The molecule has 1 aromatic rings. The predicted molar refractivity (Wildman–Crippen MR) is 80.5 cm³/mol. The minimum Gasteiger partial charge on any atom is -0.496 e. The molecule has 0 aliphatic carbocycles. The lowest BCUT2D eigenvalue weighted by Gasteiger charge is -2.16. The van der Waals surface area contributed by atoms with Gasteiger partial charge in [-0.05, 0) is 25.5 Å². The molecule has 0 radical (unpaired) electrons. The molecule has 0 aromatic heterocycles. The molecule has 0 amide bonds. The number of unbranched alkanes of at least 4 members (excludes halogenated alkanes) is 3. The van der Waals surface area contributed by atoms with Gasteiger partial charge in [0.05, 0.1) is 13.2 Å². The van der Waals surface area contributed by atoms with Gasteiger partial charge in [-0.25, -0.2) is 0 Å². The first-order valence-corrected chi connectivity index (χ1v) is 7.71. The van der Waals surface area contributed by atoms with Crippen LogP contribution < -0.4 is 9.47 Å². The van der Waals surface area contributed by atoms with Crippen molar-refractivity contribution in [3.05, 3.63) is 23.3 Å². The molecular weight excluding hydrogens is 252 g/mol. The van der Waals surface area contributed by atoms with Gasteiger partial charge < -0.3 is 14.6 Å². The van der Waals surface area contributed by atoms with Gasteiger partial charge in [0, 0.05) is 17.5 Å². The average Bonchev–Trinajstić information content (AvgIpc) is 2.80. The van der Waals surface area contributed by atoms with E-state index in [-0.39, 0.29) is 6.10 Å². The van der Waals surface area contributed by atoms with Crippen LogP contribution in [0.25, 0.3) is 0 Å². The second-order valence-corrected chi connectivity index (χ2v) is 5.70. The van der Waals surface area contributed by atoms with Gasteiger partial charge in [-0.2, -0.15) is 0 Å². The van der Waals surface area contributed by atoms with Crippen LogP contribution >= 0.6 is 0 Å². The zero-order valence-corrected chi connectivity index (χ0v) is 12.8. The van der Waals surface area contributed by atoms with Gasteiger partial charge in [0.2, 0.25) is 0 Å². The summed E-state index contributed by atoms with van der Waals surface area (Å²) in [6.45, 7) is 4.26.